The maximum absolute atomic E-state index is 13.3. The first-order valence-corrected chi connectivity index (χ1v) is 8.58. The zero-order valence-corrected chi connectivity index (χ0v) is 14.6. The van der Waals surface area contributed by atoms with Crippen LogP contribution in [-0.4, -0.2) is 20.4 Å². The van der Waals surface area contributed by atoms with Gasteiger partial charge < -0.3 is 9.47 Å². The molecule has 1 amide bonds. The summed E-state index contributed by atoms with van der Waals surface area (Å²) in [6.07, 6.45) is 3.43. The molecule has 1 atom stereocenters. The quantitative estimate of drug-likeness (QED) is 0.716. The number of hydrogen-bond donors (Lipinski definition) is 0. The van der Waals surface area contributed by atoms with Gasteiger partial charge >= 0.3 is 0 Å². The van der Waals surface area contributed by atoms with Gasteiger partial charge in [-0.25, -0.2) is 4.98 Å². The molecule has 26 heavy (non-hydrogen) atoms. The molecular formula is C20H15ClN4O. The molecule has 1 aliphatic heterocycles. The van der Waals surface area contributed by atoms with E-state index >= 15 is 0 Å². The first-order chi connectivity index (χ1) is 12.7. The highest BCUT2D eigenvalue weighted by Crippen LogP contribution is 2.33. The van der Waals surface area contributed by atoms with Crippen LogP contribution in [0.4, 0.5) is 0 Å². The van der Waals surface area contributed by atoms with E-state index in [-0.39, 0.29) is 5.91 Å². The van der Waals surface area contributed by atoms with E-state index in [9.17, 15) is 4.79 Å². The molecule has 4 rings (SSSR count). The zero-order valence-electron chi connectivity index (χ0n) is 13.8. The van der Waals surface area contributed by atoms with Gasteiger partial charge in [0.05, 0.1) is 30.2 Å². The van der Waals surface area contributed by atoms with Crippen molar-refractivity contribution in [2.75, 3.05) is 0 Å². The van der Waals surface area contributed by atoms with Crippen molar-refractivity contribution in [2.45, 2.75) is 19.1 Å². The summed E-state index contributed by atoms with van der Waals surface area (Å²) in [7, 11) is 0. The van der Waals surface area contributed by atoms with E-state index < -0.39 is 6.04 Å². The normalized spacial score (nSPS) is 16.2. The van der Waals surface area contributed by atoms with Crippen molar-refractivity contribution in [1.82, 2.24) is 14.5 Å². The number of carbonyl (C=O) groups is 1. The van der Waals surface area contributed by atoms with E-state index in [4.69, 9.17) is 16.9 Å². The Morgan fingerprint density at radius 3 is 2.77 bits per heavy atom. The standard InChI is InChI=1S/C20H15ClN4O/c21-18-8-15(9-22)6-7-17(18)19-20(26)24(11-14-4-2-1-3-5-14)12-16-10-23-13-25(16)19/h1-8,10,13,19H,11-12H2. The highest BCUT2D eigenvalue weighted by atomic mass is 35.5. The molecule has 2 aromatic carbocycles. The van der Waals surface area contributed by atoms with Crippen LogP contribution in [0.25, 0.3) is 0 Å². The van der Waals surface area contributed by atoms with Crippen LogP contribution >= 0.6 is 11.6 Å². The van der Waals surface area contributed by atoms with Crippen molar-refractivity contribution >= 4 is 17.5 Å². The molecule has 0 saturated heterocycles. The summed E-state index contributed by atoms with van der Waals surface area (Å²) in [5, 5.41) is 9.45. The van der Waals surface area contributed by atoms with Crippen LogP contribution in [-0.2, 0) is 17.9 Å². The summed E-state index contributed by atoms with van der Waals surface area (Å²) in [4.78, 5) is 19.3. The monoisotopic (exact) mass is 362 g/mol. The second-order valence-corrected chi connectivity index (χ2v) is 6.63. The number of nitrogens with zero attached hydrogens (tertiary/aromatic N) is 4. The number of aromatic nitrogens is 2. The van der Waals surface area contributed by atoms with E-state index in [1.54, 1.807) is 30.7 Å². The van der Waals surface area contributed by atoms with Gasteiger partial charge in [0.1, 0.15) is 6.04 Å². The summed E-state index contributed by atoms with van der Waals surface area (Å²) >= 11 is 6.39. The third kappa shape index (κ3) is 2.85. The van der Waals surface area contributed by atoms with Gasteiger partial charge in [-0.1, -0.05) is 48.0 Å². The van der Waals surface area contributed by atoms with Crippen molar-refractivity contribution in [2.24, 2.45) is 0 Å². The van der Waals surface area contributed by atoms with Gasteiger partial charge in [-0.05, 0) is 17.7 Å². The number of imidazole rings is 1. The smallest absolute Gasteiger partial charge is 0.251 e. The van der Waals surface area contributed by atoms with Gasteiger partial charge in [0, 0.05) is 23.3 Å². The molecule has 0 radical (unpaired) electrons. The average Bonchev–Trinajstić information content (AvgIpc) is 3.12. The summed E-state index contributed by atoms with van der Waals surface area (Å²) in [5.41, 5.74) is 3.16. The van der Waals surface area contributed by atoms with Gasteiger partial charge in [-0.3, -0.25) is 4.79 Å². The Labute approximate surface area is 156 Å². The highest BCUT2D eigenvalue weighted by molar-refractivity contribution is 6.31. The number of hydrogen-bond acceptors (Lipinski definition) is 3. The van der Waals surface area contributed by atoms with Gasteiger partial charge in [-0.15, -0.1) is 0 Å². The molecular weight excluding hydrogens is 348 g/mol. The fourth-order valence-corrected chi connectivity index (χ4v) is 3.58. The van der Waals surface area contributed by atoms with Crippen molar-refractivity contribution in [3.05, 3.63) is 88.5 Å². The van der Waals surface area contributed by atoms with Crippen LogP contribution in [0.1, 0.15) is 28.4 Å². The fourth-order valence-electron chi connectivity index (χ4n) is 3.29. The largest absolute Gasteiger partial charge is 0.330 e. The minimum atomic E-state index is -0.579. The number of halogens is 1. The molecule has 0 bridgehead atoms. The van der Waals surface area contributed by atoms with E-state index in [0.717, 1.165) is 11.3 Å². The molecule has 0 N–H and O–H groups in total. The van der Waals surface area contributed by atoms with Gasteiger partial charge in [0.2, 0.25) is 0 Å². The van der Waals surface area contributed by atoms with Gasteiger partial charge in [0.25, 0.3) is 5.91 Å². The molecule has 1 aliphatic rings. The van der Waals surface area contributed by atoms with Crippen molar-refractivity contribution in [1.29, 1.82) is 5.26 Å². The van der Waals surface area contributed by atoms with Crippen molar-refractivity contribution < 1.29 is 4.79 Å². The molecule has 5 nitrogen and oxygen atoms in total. The minimum Gasteiger partial charge on any atom is -0.330 e. The summed E-state index contributed by atoms with van der Waals surface area (Å²) in [6.45, 7) is 1.02. The highest BCUT2D eigenvalue weighted by Gasteiger charge is 2.35. The second kappa shape index (κ2) is 6.66. The molecule has 128 valence electrons. The third-order valence-electron chi connectivity index (χ3n) is 4.56. The molecule has 3 aromatic rings. The molecule has 0 saturated carbocycles. The Kier molecular flexibility index (Phi) is 4.19. The fraction of sp³-hybridized carbons (Fsp3) is 0.150. The van der Waals surface area contributed by atoms with Crippen LogP contribution in [0.15, 0.2) is 61.1 Å². The lowest BCUT2D eigenvalue weighted by Crippen LogP contribution is -2.42. The Morgan fingerprint density at radius 1 is 1.23 bits per heavy atom. The van der Waals surface area contributed by atoms with Crippen molar-refractivity contribution in [3.8, 4) is 6.07 Å². The number of fused-ring (bicyclic) bond motifs is 1. The lowest BCUT2D eigenvalue weighted by Gasteiger charge is -2.34. The number of carbonyl (C=O) groups excluding carboxylic acids is 1. The Hall–Kier alpha value is -3.10. The molecule has 0 fully saturated rings. The number of benzene rings is 2. The predicted octanol–water partition coefficient (Wildman–Crippen LogP) is 3.54. The average molecular weight is 363 g/mol. The van der Waals surface area contributed by atoms with E-state index in [0.29, 0.717) is 29.2 Å². The lowest BCUT2D eigenvalue weighted by molar-refractivity contribution is -0.136. The molecule has 1 aromatic heterocycles. The van der Waals surface area contributed by atoms with E-state index in [1.807, 2.05) is 39.8 Å². The maximum Gasteiger partial charge on any atom is 0.251 e. The first-order valence-electron chi connectivity index (χ1n) is 8.20. The first kappa shape index (κ1) is 16.4. The Balaban J connectivity index is 1.74. The van der Waals surface area contributed by atoms with Crippen LogP contribution in [0.2, 0.25) is 5.02 Å². The summed E-state index contributed by atoms with van der Waals surface area (Å²) < 4.78 is 1.86. The van der Waals surface area contributed by atoms with Gasteiger partial charge in [0.15, 0.2) is 0 Å². The number of amides is 1. The predicted molar refractivity (Wildman–Crippen MR) is 97.2 cm³/mol. The second-order valence-electron chi connectivity index (χ2n) is 6.22. The number of rotatable bonds is 3. The summed E-state index contributed by atoms with van der Waals surface area (Å²) in [5.74, 6) is -0.0361. The lowest BCUT2D eigenvalue weighted by atomic mass is 10.0. The van der Waals surface area contributed by atoms with Crippen LogP contribution < -0.4 is 0 Å². The molecule has 0 aliphatic carbocycles. The maximum atomic E-state index is 13.3. The van der Waals surface area contributed by atoms with Gasteiger partial charge in [-0.2, -0.15) is 5.26 Å². The van der Waals surface area contributed by atoms with E-state index in [1.165, 1.54) is 0 Å². The molecule has 0 spiro atoms. The van der Waals surface area contributed by atoms with E-state index in [2.05, 4.69) is 11.1 Å². The van der Waals surface area contributed by atoms with Crippen LogP contribution in [0, 0.1) is 11.3 Å². The summed E-state index contributed by atoms with van der Waals surface area (Å²) in [6, 6.07) is 16.4. The Morgan fingerprint density at radius 2 is 2.04 bits per heavy atom. The molecule has 6 heteroatoms. The minimum absolute atomic E-state index is 0.0361. The molecule has 1 unspecified atom stereocenters. The number of nitriles is 1. The topological polar surface area (TPSA) is 61.9 Å². The van der Waals surface area contributed by atoms with Crippen LogP contribution in [0.3, 0.4) is 0 Å². The molecule has 2 heterocycles. The zero-order chi connectivity index (χ0) is 18.1. The van der Waals surface area contributed by atoms with Crippen molar-refractivity contribution in [3.63, 3.8) is 0 Å². The third-order valence-corrected chi connectivity index (χ3v) is 4.89. The van der Waals surface area contributed by atoms with Crippen LogP contribution in [0.5, 0.6) is 0 Å². The SMILES string of the molecule is N#Cc1ccc(C2C(=O)N(Cc3ccccc3)Cc3cncn32)c(Cl)c1. The Bertz CT molecular complexity index is 1010.